The fraction of sp³-hybridized carbons (Fsp3) is 0.591. The molecule has 2 amide bonds. The molecule has 160 valence electrons. The van der Waals surface area contributed by atoms with Crippen molar-refractivity contribution in [3.63, 3.8) is 0 Å². The molecular weight excluding hydrogens is 366 g/mol. The molecule has 1 aromatic carbocycles. The summed E-state index contributed by atoms with van der Waals surface area (Å²) in [6, 6.07) is 10.4. The highest BCUT2D eigenvalue weighted by Crippen LogP contribution is 2.14. The van der Waals surface area contributed by atoms with Gasteiger partial charge in [0.15, 0.2) is 5.96 Å². The van der Waals surface area contributed by atoms with E-state index in [0.29, 0.717) is 5.96 Å². The Morgan fingerprint density at radius 3 is 2.31 bits per heavy atom. The van der Waals surface area contributed by atoms with E-state index in [1.54, 1.807) is 14.1 Å². The van der Waals surface area contributed by atoms with Gasteiger partial charge in [0, 0.05) is 39.1 Å². The number of hydrogen-bond acceptors (Lipinski definition) is 3. The molecule has 1 saturated heterocycles. The average Bonchev–Trinajstić information content (AvgIpc) is 2.72. The first-order chi connectivity index (χ1) is 13.8. The van der Waals surface area contributed by atoms with Crippen molar-refractivity contribution in [2.45, 2.75) is 45.7 Å². The SMILES string of the molecule is CC(C)C(=O)N1CCC(NC(=NCC(=O)N(C)C)NC(C)c2ccccc2)CC1. The molecular formula is C22H35N5O2. The smallest absolute Gasteiger partial charge is 0.243 e. The lowest BCUT2D eigenvalue weighted by molar-refractivity contribution is -0.135. The molecule has 1 aliphatic rings. The van der Waals surface area contributed by atoms with Crippen LogP contribution in [0.1, 0.15) is 45.2 Å². The first-order valence-corrected chi connectivity index (χ1v) is 10.4. The van der Waals surface area contributed by atoms with Crippen molar-refractivity contribution < 1.29 is 9.59 Å². The molecule has 1 fully saturated rings. The summed E-state index contributed by atoms with van der Waals surface area (Å²) in [5, 5.41) is 6.88. The Labute approximate surface area is 174 Å². The highest BCUT2D eigenvalue weighted by molar-refractivity contribution is 5.85. The van der Waals surface area contributed by atoms with Crippen molar-refractivity contribution in [3.05, 3.63) is 35.9 Å². The summed E-state index contributed by atoms with van der Waals surface area (Å²) in [4.78, 5) is 32.2. The van der Waals surface area contributed by atoms with Crippen molar-refractivity contribution in [2.75, 3.05) is 33.7 Å². The molecule has 29 heavy (non-hydrogen) atoms. The Morgan fingerprint density at radius 2 is 1.76 bits per heavy atom. The number of rotatable bonds is 6. The maximum Gasteiger partial charge on any atom is 0.243 e. The minimum Gasteiger partial charge on any atom is -0.354 e. The van der Waals surface area contributed by atoms with E-state index in [2.05, 4.69) is 34.7 Å². The zero-order valence-electron chi connectivity index (χ0n) is 18.3. The van der Waals surface area contributed by atoms with Gasteiger partial charge in [0.05, 0.1) is 6.04 Å². The standard InChI is InChI=1S/C22H35N5O2/c1-16(2)21(29)27-13-11-19(12-14-27)25-22(23-15-20(28)26(4)5)24-17(3)18-9-7-6-8-10-18/h6-10,16-17,19H,11-15H2,1-5H3,(H2,23,24,25). The molecule has 0 spiro atoms. The zero-order valence-corrected chi connectivity index (χ0v) is 18.3. The van der Waals surface area contributed by atoms with Gasteiger partial charge in [0.25, 0.3) is 0 Å². The predicted molar refractivity (Wildman–Crippen MR) is 117 cm³/mol. The summed E-state index contributed by atoms with van der Waals surface area (Å²) >= 11 is 0. The average molecular weight is 402 g/mol. The number of likely N-dealkylation sites (N-methyl/N-ethyl adjacent to an activating group) is 1. The minimum atomic E-state index is -0.0455. The first kappa shape index (κ1) is 22.7. The van der Waals surface area contributed by atoms with E-state index in [-0.39, 0.29) is 36.4 Å². The Hall–Kier alpha value is -2.57. The number of aliphatic imine (C=N–C) groups is 1. The Balaban J connectivity index is 2.01. The van der Waals surface area contributed by atoms with Gasteiger partial charge in [-0.05, 0) is 25.3 Å². The maximum atomic E-state index is 12.2. The number of carbonyl (C=O) groups is 2. The van der Waals surface area contributed by atoms with Gasteiger partial charge in [-0.25, -0.2) is 4.99 Å². The largest absolute Gasteiger partial charge is 0.354 e. The van der Waals surface area contributed by atoms with E-state index in [9.17, 15) is 9.59 Å². The Morgan fingerprint density at radius 1 is 1.14 bits per heavy atom. The second-order valence-electron chi connectivity index (χ2n) is 8.13. The Bertz CT molecular complexity index is 694. The number of amides is 2. The minimum absolute atomic E-state index is 0.0297. The highest BCUT2D eigenvalue weighted by Gasteiger charge is 2.25. The fourth-order valence-electron chi connectivity index (χ4n) is 3.25. The highest BCUT2D eigenvalue weighted by atomic mass is 16.2. The van der Waals surface area contributed by atoms with Crippen LogP contribution in [0.2, 0.25) is 0 Å². The van der Waals surface area contributed by atoms with Crippen molar-refractivity contribution in [1.29, 1.82) is 0 Å². The summed E-state index contributed by atoms with van der Waals surface area (Å²) in [6.45, 7) is 7.53. The van der Waals surface area contributed by atoms with Gasteiger partial charge in [-0.15, -0.1) is 0 Å². The molecule has 2 N–H and O–H groups in total. The molecule has 0 aliphatic carbocycles. The third-order valence-corrected chi connectivity index (χ3v) is 5.17. The van der Waals surface area contributed by atoms with Crippen LogP contribution in [0, 0.1) is 5.92 Å². The molecule has 0 radical (unpaired) electrons. The number of likely N-dealkylation sites (tertiary alicyclic amines) is 1. The maximum absolute atomic E-state index is 12.2. The van der Waals surface area contributed by atoms with Crippen molar-refractivity contribution in [3.8, 4) is 0 Å². The van der Waals surface area contributed by atoms with Crippen LogP contribution in [0.25, 0.3) is 0 Å². The second-order valence-corrected chi connectivity index (χ2v) is 8.13. The molecule has 7 heteroatoms. The third kappa shape index (κ3) is 7.07. The summed E-state index contributed by atoms with van der Waals surface area (Å²) in [5.74, 6) is 0.827. The number of carbonyl (C=O) groups excluding carboxylic acids is 2. The van der Waals surface area contributed by atoms with Crippen LogP contribution in [0.4, 0.5) is 0 Å². The van der Waals surface area contributed by atoms with E-state index in [1.807, 2.05) is 36.9 Å². The second kappa shape index (κ2) is 10.8. The number of hydrogen-bond donors (Lipinski definition) is 2. The first-order valence-electron chi connectivity index (χ1n) is 10.4. The van der Waals surface area contributed by atoms with Crippen molar-refractivity contribution in [2.24, 2.45) is 10.9 Å². The Kier molecular flexibility index (Phi) is 8.49. The van der Waals surface area contributed by atoms with E-state index in [0.717, 1.165) is 31.5 Å². The fourth-order valence-corrected chi connectivity index (χ4v) is 3.25. The summed E-state index contributed by atoms with van der Waals surface area (Å²) in [5.41, 5.74) is 1.15. The lowest BCUT2D eigenvalue weighted by atomic mass is 10.0. The molecule has 1 aromatic rings. The third-order valence-electron chi connectivity index (χ3n) is 5.17. The molecule has 2 rings (SSSR count). The number of benzene rings is 1. The van der Waals surface area contributed by atoms with Gasteiger partial charge >= 0.3 is 0 Å². The zero-order chi connectivity index (χ0) is 21.4. The number of nitrogens with zero attached hydrogens (tertiary/aromatic N) is 3. The van der Waals surface area contributed by atoms with Crippen LogP contribution < -0.4 is 10.6 Å². The van der Waals surface area contributed by atoms with Crippen molar-refractivity contribution >= 4 is 17.8 Å². The van der Waals surface area contributed by atoms with Gasteiger partial charge in [-0.3, -0.25) is 9.59 Å². The normalized spacial score (nSPS) is 16.5. The molecule has 1 atom stereocenters. The van der Waals surface area contributed by atoms with Crippen LogP contribution >= 0.6 is 0 Å². The van der Waals surface area contributed by atoms with E-state index in [1.165, 1.54) is 4.90 Å². The van der Waals surface area contributed by atoms with Gasteiger partial charge in [0.2, 0.25) is 11.8 Å². The summed E-state index contributed by atoms with van der Waals surface area (Å²) in [6.07, 6.45) is 1.72. The molecule has 0 aromatic heterocycles. The topological polar surface area (TPSA) is 77.0 Å². The predicted octanol–water partition coefficient (Wildman–Crippen LogP) is 2.02. The molecule has 1 unspecified atom stereocenters. The molecule has 1 aliphatic heterocycles. The lowest BCUT2D eigenvalue weighted by Gasteiger charge is -2.34. The van der Waals surface area contributed by atoms with Gasteiger partial charge < -0.3 is 20.4 Å². The monoisotopic (exact) mass is 401 g/mol. The van der Waals surface area contributed by atoms with Crippen LogP contribution in [0.5, 0.6) is 0 Å². The summed E-state index contributed by atoms with van der Waals surface area (Å²) in [7, 11) is 3.46. The van der Waals surface area contributed by atoms with Gasteiger partial charge in [-0.2, -0.15) is 0 Å². The quantitative estimate of drug-likeness (QED) is 0.565. The van der Waals surface area contributed by atoms with Crippen LogP contribution in [0.3, 0.4) is 0 Å². The molecule has 0 bridgehead atoms. The molecule has 1 heterocycles. The van der Waals surface area contributed by atoms with E-state index in [4.69, 9.17) is 0 Å². The van der Waals surface area contributed by atoms with Crippen LogP contribution in [0.15, 0.2) is 35.3 Å². The van der Waals surface area contributed by atoms with Crippen molar-refractivity contribution in [1.82, 2.24) is 20.4 Å². The van der Waals surface area contributed by atoms with Gasteiger partial charge in [0.1, 0.15) is 6.54 Å². The number of nitrogens with one attached hydrogen (secondary N) is 2. The van der Waals surface area contributed by atoms with Gasteiger partial charge in [-0.1, -0.05) is 44.2 Å². The van der Waals surface area contributed by atoms with Crippen LogP contribution in [-0.2, 0) is 9.59 Å². The van der Waals surface area contributed by atoms with E-state index >= 15 is 0 Å². The number of piperidine rings is 1. The van der Waals surface area contributed by atoms with Crippen LogP contribution in [-0.4, -0.2) is 67.3 Å². The summed E-state index contributed by atoms with van der Waals surface area (Å²) < 4.78 is 0. The molecule has 0 saturated carbocycles. The lowest BCUT2D eigenvalue weighted by Crippen LogP contribution is -2.51. The van der Waals surface area contributed by atoms with E-state index < -0.39 is 0 Å². The number of guanidine groups is 1. The molecule has 7 nitrogen and oxygen atoms in total.